The third-order valence-corrected chi connectivity index (χ3v) is 4.41. The molecule has 1 aliphatic carbocycles. The SMILES string of the molecule is NC1C[C@@H](N)C(O)C(O)[C@@H]1O[C@H]1OC(CO)[C@@H](O)C(N)[C@@H]1N. The molecule has 0 aromatic carbocycles. The van der Waals surface area contributed by atoms with Gasteiger partial charge in [0.05, 0.1) is 30.9 Å². The van der Waals surface area contributed by atoms with Gasteiger partial charge in [-0.05, 0) is 6.42 Å². The molecule has 0 radical (unpaired) electrons. The van der Waals surface area contributed by atoms with Crippen molar-refractivity contribution in [2.24, 2.45) is 22.9 Å². The molecule has 130 valence electrons. The standard InChI is InChI=1S/C12H26N4O6/c13-3-1-4(14)11(10(20)8(3)18)22-12-7(16)6(15)9(19)5(2-17)21-12/h3-12,17-20H,1-2,13-16H2/t3-,4?,5?,6?,7+,8?,9-,10?,11-,12-/m1/s1. The third kappa shape index (κ3) is 3.26. The van der Waals surface area contributed by atoms with Crippen LogP contribution in [0.5, 0.6) is 0 Å². The minimum atomic E-state index is -1.30. The smallest absolute Gasteiger partial charge is 0.175 e. The van der Waals surface area contributed by atoms with Crippen LogP contribution < -0.4 is 22.9 Å². The van der Waals surface area contributed by atoms with Gasteiger partial charge in [-0.1, -0.05) is 0 Å². The Balaban J connectivity index is 2.08. The molecule has 10 atom stereocenters. The first-order valence-electron chi connectivity index (χ1n) is 7.26. The van der Waals surface area contributed by atoms with E-state index in [4.69, 9.17) is 32.4 Å². The Hall–Kier alpha value is -0.400. The van der Waals surface area contributed by atoms with E-state index in [9.17, 15) is 20.4 Å². The maximum absolute atomic E-state index is 10.1. The largest absolute Gasteiger partial charge is 0.394 e. The summed E-state index contributed by atoms with van der Waals surface area (Å²) in [6.07, 6.45) is -6.35. The van der Waals surface area contributed by atoms with Gasteiger partial charge < -0.3 is 52.8 Å². The van der Waals surface area contributed by atoms with Crippen LogP contribution in [0.25, 0.3) is 0 Å². The molecule has 1 saturated carbocycles. The molecule has 12 N–H and O–H groups in total. The predicted octanol–water partition coefficient (Wildman–Crippen LogP) is -5.12. The van der Waals surface area contributed by atoms with Gasteiger partial charge in [0.1, 0.15) is 18.3 Å². The zero-order chi connectivity index (χ0) is 16.6. The van der Waals surface area contributed by atoms with Crippen molar-refractivity contribution in [3.8, 4) is 0 Å². The van der Waals surface area contributed by atoms with Gasteiger partial charge >= 0.3 is 0 Å². The van der Waals surface area contributed by atoms with E-state index in [2.05, 4.69) is 0 Å². The third-order valence-electron chi connectivity index (χ3n) is 4.41. The molecule has 22 heavy (non-hydrogen) atoms. The summed E-state index contributed by atoms with van der Waals surface area (Å²) in [6, 6.07) is -3.04. The van der Waals surface area contributed by atoms with Crippen molar-refractivity contribution in [1.82, 2.24) is 0 Å². The van der Waals surface area contributed by atoms with Crippen LogP contribution >= 0.6 is 0 Å². The zero-order valence-electron chi connectivity index (χ0n) is 12.1. The molecule has 0 amide bonds. The highest BCUT2D eigenvalue weighted by molar-refractivity contribution is 5.00. The first-order valence-corrected chi connectivity index (χ1v) is 7.26. The van der Waals surface area contributed by atoms with Crippen LogP contribution in [0.2, 0.25) is 0 Å². The summed E-state index contributed by atoms with van der Waals surface area (Å²) >= 11 is 0. The predicted molar refractivity (Wildman–Crippen MR) is 75.2 cm³/mol. The van der Waals surface area contributed by atoms with Crippen LogP contribution in [0.4, 0.5) is 0 Å². The number of rotatable bonds is 3. The highest BCUT2D eigenvalue weighted by Gasteiger charge is 2.47. The van der Waals surface area contributed by atoms with E-state index >= 15 is 0 Å². The second kappa shape index (κ2) is 7.01. The topological polar surface area (TPSA) is 203 Å². The fourth-order valence-corrected chi connectivity index (χ4v) is 2.90. The Morgan fingerprint density at radius 1 is 0.909 bits per heavy atom. The van der Waals surface area contributed by atoms with Crippen LogP contribution in [-0.2, 0) is 9.47 Å². The first-order chi connectivity index (χ1) is 10.3. The number of aliphatic hydroxyl groups is 4. The van der Waals surface area contributed by atoms with Gasteiger partial charge in [-0.3, -0.25) is 0 Å². The molecular weight excluding hydrogens is 296 g/mol. The van der Waals surface area contributed by atoms with Gasteiger partial charge in [0, 0.05) is 12.1 Å². The average Bonchev–Trinajstić information content (AvgIpc) is 2.49. The lowest BCUT2D eigenvalue weighted by molar-refractivity contribution is -0.277. The lowest BCUT2D eigenvalue weighted by Crippen LogP contribution is -2.68. The first kappa shape index (κ1) is 17.9. The van der Waals surface area contributed by atoms with E-state index in [1.165, 1.54) is 0 Å². The summed E-state index contributed by atoms with van der Waals surface area (Å²) in [5, 5.41) is 38.9. The van der Waals surface area contributed by atoms with Crippen molar-refractivity contribution >= 4 is 0 Å². The molecule has 0 aromatic heterocycles. The van der Waals surface area contributed by atoms with Crippen molar-refractivity contribution in [2.75, 3.05) is 6.61 Å². The molecule has 2 rings (SSSR count). The number of hydrogen-bond acceptors (Lipinski definition) is 10. The van der Waals surface area contributed by atoms with Crippen molar-refractivity contribution in [1.29, 1.82) is 0 Å². The summed E-state index contributed by atoms with van der Waals surface area (Å²) in [4.78, 5) is 0. The normalized spacial score (nSPS) is 53.5. The van der Waals surface area contributed by atoms with Crippen molar-refractivity contribution < 1.29 is 29.9 Å². The van der Waals surface area contributed by atoms with Crippen molar-refractivity contribution in [3.05, 3.63) is 0 Å². The van der Waals surface area contributed by atoms with Crippen LogP contribution in [0.1, 0.15) is 6.42 Å². The maximum Gasteiger partial charge on any atom is 0.175 e. The van der Waals surface area contributed by atoms with E-state index < -0.39 is 67.6 Å². The molecular formula is C12H26N4O6. The zero-order valence-corrected chi connectivity index (χ0v) is 12.1. The van der Waals surface area contributed by atoms with Crippen LogP contribution in [0, 0.1) is 0 Å². The average molecular weight is 322 g/mol. The summed E-state index contributed by atoms with van der Waals surface area (Å²) in [5.74, 6) is 0. The van der Waals surface area contributed by atoms with Crippen molar-refractivity contribution in [3.63, 3.8) is 0 Å². The monoisotopic (exact) mass is 322 g/mol. The van der Waals surface area contributed by atoms with Crippen molar-refractivity contribution in [2.45, 2.75) is 67.4 Å². The lowest BCUT2D eigenvalue weighted by atomic mass is 9.84. The minimum absolute atomic E-state index is 0.253. The molecule has 10 nitrogen and oxygen atoms in total. The van der Waals surface area contributed by atoms with E-state index in [1.54, 1.807) is 0 Å². The molecule has 1 aliphatic heterocycles. The quantitative estimate of drug-likeness (QED) is 0.248. The van der Waals surface area contributed by atoms with E-state index in [0.717, 1.165) is 0 Å². The van der Waals surface area contributed by atoms with Crippen LogP contribution in [-0.4, -0.2) is 88.0 Å². The lowest BCUT2D eigenvalue weighted by Gasteiger charge is -2.46. The van der Waals surface area contributed by atoms with Gasteiger partial charge in [-0.2, -0.15) is 0 Å². The number of ether oxygens (including phenoxy) is 2. The Bertz CT molecular complexity index is 376. The molecule has 0 bridgehead atoms. The van der Waals surface area contributed by atoms with Gasteiger partial charge in [0.25, 0.3) is 0 Å². The molecule has 0 spiro atoms. The molecule has 2 aliphatic rings. The number of hydrogen-bond donors (Lipinski definition) is 8. The van der Waals surface area contributed by atoms with Gasteiger partial charge in [0.2, 0.25) is 0 Å². The Morgan fingerprint density at radius 3 is 2.14 bits per heavy atom. The molecule has 1 heterocycles. The molecule has 10 heteroatoms. The fourth-order valence-electron chi connectivity index (χ4n) is 2.90. The molecule has 1 saturated heterocycles. The van der Waals surface area contributed by atoms with Crippen LogP contribution in [0.3, 0.4) is 0 Å². The minimum Gasteiger partial charge on any atom is -0.394 e. The van der Waals surface area contributed by atoms with Crippen LogP contribution in [0.15, 0.2) is 0 Å². The second-order valence-corrected chi connectivity index (χ2v) is 6.02. The number of aliphatic hydroxyl groups excluding tert-OH is 4. The Morgan fingerprint density at radius 2 is 1.55 bits per heavy atom. The number of nitrogens with two attached hydrogens (primary N) is 4. The van der Waals surface area contributed by atoms with E-state index in [0.29, 0.717) is 0 Å². The highest BCUT2D eigenvalue weighted by Crippen LogP contribution is 2.26. The second-order valence-electron chi connectivity index (χ2n) is 6.02. The summed E-state index contributed by atoms with van der Waals surface area (Å²) < 4.78 is 11.0. The molecule has 2 fully saturated rings. The highest BCUT2D eigenvalue weighted by atomic mass is 16.7. The summed E-state index contributed by atoms with van der Waals surface area (Å²) in [6.45, 7) is -0.464. The molecule has 5 unspecified atom stereocenters. The van der Waals surface area contributed by atoms with Gasteiger partial charge in [-0.25, -0.2) is 0 Å². The van der Waals surface area contributed by atoms with E-state index in [-0.39, 0.29) is 6.42 Å². The molecule has 0 aromatic rings. The van der Waals surface area contributed by atoms with Gasteiger partial charge in [0.15, 0.2) is 6.29 Å². The Labute approximate surface area is 128 Å². The maximum atomic E-state index is 10.1. The van der Waals surface area contributed by atoms with Gasteiger partial charge in [-0.15, -0.1) is 0 Å². The summed E-state index contributed by atoms with van der Waals surface area (Å²) in [7, 11) is 0. The van der Waals surface area contributed by atoms with E-state index in [1.807, 2.05) is 0 Å². The summed E-state index contributed by atoms with van der Waals surface area (Å²) in [5.41, 5.74) is 23.3. The fraction of sp³-hybridized carbons (Fsp3) is 1.00. The Kier molecular flexibility index (Phi) is 5.72.